The molecule has 3 N–H and O–H groups in total. The molecule has 3 aromatic rings. The zero-order valence-corrected chi connectivity index (χ0v) is 18.3. The summed E-state index contributed by atoms with van der Waals surface area (Å²) < 4.78 is 11.0. The average molecular weight is 447 g/mol. The maximum absolute atomic E-state index is 12.5. The number of hydrogen-bond acceptors (Lipinski definition) is 5. The van der Waals surface area contributed by atoms with Gasteiger partial charge in [-0.2, -0.15) is 0 Å². The number of carbonyl (C=O) groups is 2. The molecule has 3 rings (SSSR count). The Kier molecular flexibility index (Phi) is 8.62. The molecular weight excluding hydrogens is 420 g/mol. The van der Waals surface area contributed by atoms with Crippen LogP contribution in [0.25, 0.3) is 6.08 Å². The quantitative estimate of drug-likeness (QED) is 0.416. The van der Waals surface area contributed by atoms with Gasteiger partial charge in [-0.05, 0) is 53.6 Å². The molecule has 170 valence electrons. The smallest absolute Gasteiger partial charge is 0.267 e. The van der Waals surface area contributed by atoms with Crippen molar-refractivity contribution in [3.63, 3.8) is 0 Å². The third kappa shape index (κ3) is 7.22. The number of hydrogen-bond donors (Lipinski definition) is 3. The summed E-state index contributed by atoms with van der Waals surface area (Å²) in [6.07, 6.45) is 1.57. The molecule has 0 spiro atoms. The molecule has 0 radical (unpaired) electrons. The summed E-state index contributed by atoms with van der Waals surface area (Å²) in [7, 11) is 1.62. The van der Waals surface area contributed by atoms with Crippen LogP contribution in [0.15, 0.2) is 84.6 Å². The summed E-state index contributed by atoms with van der Waals surface area (Å²) in [5.41, 5.74) is 2.18. The van der Waals surface area contributed by atoms with Crippen LogP contribution in [-0.4, -0.2) is 37.2 Å². The van der Waals surface area contributed by atoms with Crippen LogP contribution in [0.1, 0.15) is 21.5 Å². The van der Waals surface area contributed by atoms with Gasteiger partial charge in [-0.25, -0.2) is 0 Å². The van der Waals surface area contributed by atoms with E-state index in [4.69, 9.17) is 14.6 Å². The summed E-state index contributed by atoms with van der Waals surface area (Å²) in [6.45, 7) is 0.258. The van der Waals surface area contributed by atoms with Crippen molar-refractivity contribution in [2.24, 2.45) is 0 Å². The summed E-state index contributed by atoms with van der Waals surface area (Å²) in [5, 5.41) is 14.2. The lowest BCUT2D eigenvalue weighted by Gasteiger charge is -2.11. The molecule has 2 amide bonds. The van der Waals surface area contributed by atoms with E-state index in [1.165, 1.54) is 0 Å². The SMILES string of the molecule is COc1cccc(COc2ccc(/C=C(/NC(=O)c3ccccc3)C(=O)NCCO)cc2)c1. The highest BCUT2D eigenvalue weighted by Crippen LogP contribution is 2.18. The van der Waals surface area contributed by atoms with Gasteiger partial charge < -0.3 is 25.2 Å². The number of aliphatic hydroxyl groups excluding tert-OH is 1. The Hall–Kier alpha value is -4.10. The number of ether oxygens (including phenoxy) is 2. The Morgan fingerprint density at radius 2 is 1.70 bits per heavy atom. The molecular formula is C26H26N2O5. The van der Waals surface area contributed by atoms with Crippen molar-refractivity contribution >= 4 is 17.9 Å². The van der Waals surface area contributed by atoms with Gasteiger partial charge in [-0.3, -0.25) is 9.59 Å². The van der Waals surface area contributed by atoms with E-state index >= 15 is 0 Å². The Balaban J connectivity index is 1.71. The number of carbonyl (C=O) groups excluding carboxylic acids is 2. The van der Waals surface area contributed by atoms with Crippen molar-refractivity contribution in [3.8, 4) is 11.5 Å². The van der Waals surface area contributed by atoms with Crippen molar-refractivity contribution in [2.75, 3.05) is 20.3 Å². The minimum Gasteiger partial charge on any atom is -0.497 e. The molecule has 0 heterocycles. The molecule has 7 heteroatoms. The van der Waals surface area contributed by atoms with E-state index in [2.05, 4.69) is 10.6 Å². The third-order valence-electron chi connectivity index (χ3n) is 4.66. The molecule has 33 heavy (non-hydrogen) atoms. The highest BCUT2D eigenvalue weighted by atomic mass is 16.5. The maximum Gasteiger partial charge on any atom is 0.267 e. The molecule has 0 atom stereocenters. The van der Waals surface area contributed by atoms with Crippen molar-refractivity contribution in [2.45, 2.75) is 6.61 Å². The zero-order chi connectivity index (χ0) is 23.5. The van der Waals surface area contributed by atoms with Crippen molar-refractivity contribution < 1.29 is 24.2 Å². The monoisotopic (exact) mass is 446 g/mol. The van der Waals surface area contributed by atoms with Crippen LogP contribution >= 0.6 is 0 Å². The second kappa shape index (κ2) is 12.1. The van der Waals surface area contributed by atoms with Crippen LogP contribution < -0.4 is 20.1 Å². The topological polar surface area (TPSA) is 96.9 Å². The standard InChI is InChI=1S/C26H26N2O5/c1-32-23-9-5-6-20(16-23)18-33-22-12-10-19(11-13-22)17-24(26(31)27-14-15-29)28-25(30)21-7-3-2-4-8-21/h2-13,16-17,29H,14-15,18H2,1H3,(H,27,31)(H,28,30)/b24-17+. The molecule has 3 aromatic carbocycles. The maximum atomic E-state index is 12.5. The first-order valence-electron chi connectivity index (χ1n) is 10.4. The number of rotatable bonds is 10. The van der Waals surface area contributed by atoms with E-state index in [0.29, 0.717) is 23.5 Å². The molecule has 0 saturated heterocycles. The molecule has 0 aliphatic rings. The molecule has 0 aromatic heterocycles. The first kappa shape index (κ1) is 23.6. The van der Waals surface area contributed by atoms with E-state index in [9.17, 15) is 9.59 Å². The molecule has 0 saturated carbocycles. The van der Waals surface area contributed by atoms with E-state index in [0.717, 1.165) is 11.3 Å². The fraction of sp³-hybridized carbons (Fsp3) is 0.154. The summed E-state index contributed by atoms with van der Waals surface area (Å²) >= 11 is 0. The predicted molar refractivity (Wildman–Crippen MR) is 126 cm³/mol. The minimum absolute atomic E-state index is 0.0716. The normalized spacial score (nSPS) is 10.9. The summed E-state index contributed by atoms with van der Waals surface area (Å²) in [4.78, 5) is 25.0. The Bertz CT molecular complexity index is 1100. The number of amides is 2. The Morgan fingerprint density at radius 1 is 0.939 bits per heavy atom. The summed E-state index contributed by atoms with van der Waals surface area (Å²) in [5.74, 6) is 0.529. The van der Waals surface area contributed by atoms with Crippen LogP contribution in [0.2, 0.25) is 0 Å². The van der Waals surface area contributed by atoms with E-state index < -0.39 is 11.8 Å². The molecule has 0 bridgehead atoms. The molecule has 0 fully saturated rings. The number of nitrogens with one attached hydrogen (secondary N) is 2. The average Bonchev–Trinajstić information content (AvgIpc) is 2.87. The predicted octanol–water partition coefficient (Wildman–Crippen LogP) is 3.15. The number of methoxy groups -OCH3 is 1. The Labute approximate surface area is 192 Å². The second-order valence-electron chi connectivity index (χ2n) is 7.07. The van der Waals surface area contributed by atoms with Gasteiger partial charge in [0.1, 0.15) is 23.8 Å². The fourth-order valence-corrected chi connectivity index (χ4v) is 2.96. The van der Waals surface area contributed by atoms with Gasteiger partial charge in [0.2, 0.25) is 0 Å². The number of aliphatic hydroxyl groups is 1. The van der Waals surface area contributed by atoms with Crippen molar-refractivity contribution in [1.29, 1.82) is 0 Å². The highest BCUT2D eigenvalue weighted by molar-refractivity contribution is 6.05. The van der Waals surface area contributed by atoms with Crippen LogP contribution in [0.3, 0.4) is 0 Å². The van der Waals surface area contributed by atoms with Crippen LogP contribution in [0.4, 0.5) is 0 Å². The number of benzene rings is 3. The van der Waals surface area contributed by atoms with Crippen molar-refractivity contribution in [3.05, 3.63) is 101 Å². The minimum atomic E-state index is -0.494. The fourth-order valence-electron chi connectivity index (χ4n) is 2.96. The van der Waals surface area contributed by atoms with Gasteiger partial charge in [0, 0.05) is 12.1 Å². The van der Waals surface area contributed by atoms with Crippen LogP contribution in [0, 0.1) is 0 Å². The molecule has 0 aliphatic carbocycles. The highest BCUT2D eigenvalue weighted by Gasteiger charge is 2.14. The first-order chi connectivity index (χ1) is 16.1. The van der Waals surface area contributed by atoms with Gasteiger partial charge >= 0.3 is 0 Å². The van der Waals surface area contributed by atoms with Crippen LogP contribution in [-0.2, 0) is 11.4 Å². The lowest BCUT2D eigenvalue weighted by molar-refractivity contribution is -0.117. The van der Waals surface area contributed by atoms with E-state index in [-0.39, 0.29) is 18.8 Å². The van der Waals surface area contributed by atoms with Gasteiger partial charge in [-0.15, -0.1) is 0 Å². The van der Waals surface area contributed by atoms with Crippen LogP contribution in [0.5, 0.6) is 11.5 Å². The van der Waals surface area contributed by atoms with Gasteiger partial charge in [0.25, 0.3) is 11.8 Å². The second-order valence-corrected chi connectivity index (χ2v) is 7.07. The van der Waals surface area contributed by atoms with Crippen molar-refractivity contribution in [1.82, 2.24) is 10.6 Å². The molecule has 0 unspecified atom stereocenters. The molecule has 7 nitrogen and oxygen atoms in total. The first-order valence-corrected chi connectivity index (χ1v) is 10.4. The van der Waals surface area contributed by atoms with E-state index in [1.54, 1.807) is 67.8 Å². The lowest BCUT2D eigenvalue weighted by Crippen LogP contribution is -2.36. The largest absolute Gasteiger partial charge is 0.497 e. The van der Waals surface area contributed by atoms with Gasteiger partial charge in [0.05, 0.1) is 13.7 Å². The van der Waals surface area contributed by atoms with Gasteiger partial charge in [0.15, 0.2) is 0 Å². The Morgan fingerprint density at radius 3 is 2.39 bits per heavy atom. The zero-order valence-electron chi connectivity index (χ0n) is 18.3. The lowest BCUT2D eigenvalue weighted by atomic mass is 10.1. The summed E-state index contributed by atoms with van der Waals surface area (Å²) in [6, 6.07) is 23.4. The third-order valence-corrected chi connectivity index (χ3v) is 4.66. The molecule has 0 aliphatic heterocycles. The van der Waals surface area contributed by atoms with E-state index in [1.807, 2.05) is 24.3 Å². The van der Waals surface area contributed by atoms with Gasteiger partial charge in [-0.1, -0.05) is 42.5 Å².